The first-order valence-corrected chi connectivity index (χ1v) is 35.3. The van der Waals surface area contributed by atoms with Gasteiger partial charge >= 0.3 is 5.97 Å². The van der Waals surface area contributed by atoms with Gasteiger partial charge in [0.15, 0.2) is 0 Å². The second-order valence-corrected chi connectivity index (χ2v) is 25.7. The molecule has 10 heteroatoms. The molecule has 460 valence electrons. The van der Waals surface area contributed by atoms with Gasteiger partial charge in [-0.1, -0.05) is 276 Å². The maximum atomic E-state index is 13.5. The van der Waals surface area contributed by atoms with Crippen molar-refractivity contribution < 1.29 is 37.3 Å². The first-order chi connectivity index (χ1) is 37.9. The van der Waals surface area contributed by atoms with E-state index in [9.17, 15) is 19.0 Å². The lowest BCUT2D eigenvalue weighted by molar-refractivity contribution is -0.870. The van der Waals surface area contributed by atoms with Crippen LogP contribution in [0.3, 0.4) is 0 Å². The van der Waals surface area contributed by atoms with Crippen molar-refractivity contribution in [1.82, 2.24) is 5.32 Å². The van der Waals surface area contributed by atoms with Crippen LogP contribution >= 0.6 is 7.82 Å². The minimum absolute atomic E-state index is 0.0227. The zero-order valence-electron chi connectivity index (χ0n) is 52.6. The Labute approximate surface area is 485 Å². The molecule has 0 bridgehead atoms. The van der Waals surface area contributed by atoms with Gasteiger partial charge < -0.3 is 28.5 Å². The molecular weight excluding hydrogens is 988 g/mol. The number of rotatable bonds is 62. The molecule has 1 N–H and O–H groups in total. The first-order valence-electron chi connectivity index (χ1n) is 33.8. The molecule has 9 nitrogen and oxygen atoms in total. The fourth-order valence-corrected chi connectivity index (χ4v) is 10.8. The van der Waals surface area contributed by atoms with Crippen molar-refractivity contribution in [3.05, 3.63) is 36.5 Å². The quantitative estimate of drug-likeness (QED) is 0.0212. The number of unbranched alkanes of at least 4 members (excludes halogenated alkanes) is 42. The van der Waals surface area contributed by atoms with Crippen LogP contribution in [-0.2, 0) is 27.9 Å². The molecular formula is C68H131N2O7P. The molecule has 0 aliphatic rings. The molecule has 0 radical (unpaired) electrons. The van der Waals surface area contributed by atoms with E-state index in [-0.39, 0.29) is 24.9 Å². The highest BCUT2D eigenvalue weighted by atomic mass is 31.2. The molecule has 3 unspecified atom stereocenters. The summed E-state index contributed by atoms with van der Waals surface area (Å²) in [5.41, 5.74) is 0. The number of nitrogens with zero attached hydrogens (tertiary/aromatic N) is 1. The Morgan fingerprint density at radius 1 is 0.436 bits per heavy atom. The summed E-state index contributed by atoms with van der Waals surface area (Å²) < 4.78 is 30.3. The molecule has 1 amide bonds. The molecule has 0 fully saturated rings. The Hall–Kier alpha value is -1.77. The van der Waals surface area contributed by atoms with E-state index in [1.54, 1.807) is 0 Å². The minimum Gasteiger partial charge on any atom is -0.756 e. The second kappa shape index (κ2) is 58.4. The van der Waals surface area contributed by atoms with Crippen molar-refractivity contribution in [2.45, 2.75) is 348 Å². The van der Waals surface area contributed by atoms with Gasteiger partial charge in [-0.15, -0.1) is 0 Å². The van der Waals surface area contributed by atoms with Gasteiger partial charge in [-0.05, 0) is 83.1 Å². The zero-order valence-corrected chi connectivity index (χ0v) is 53.5. The highest BCUT2D eigenvalue weighted by molar-refractivity contribution is 7.45. The van der Waals surface area contributed by atoms with Crippen LogP contribution in [0.1, 0.15) is 335 Å². The third kappa shape index (κ3) is 58.9. The Balaban J connectivity index is 4.96. The van der Waals surface area contributed by atoms with E-state index in [0.29, 0.717) is 17.4 Å². The topological polar surface area (TPSA) is 114 Å². The van der Waals surface area contributed by atoms with Gasteiger partial charge in [0.25, 0.3) is 7.82 Å². The number of allylic oxidation sites excluding steroid dienone is 5. The van der Waals surface area contributed by atoms with Gasteiger partial charge in [0.1, 0.15) is 19.3 Å². The van der Waals surface area contributed by atoms with Gasteiger partial charge in [0, 0.05) is 12.8 Å². The van der Waals surface area contributed by atoms with Crippen LogP contribution in [0.5, 0.6) is 0 Å². The minimum atomic E-state index is -4.70. The smallest absolute Gasteiger partial charge is 0.306 e. The number of carbonyl (C=O) groups is 2. The van der Waals surface area contributed by atoms with Gasteiger partial charge in [0.2, 0.25) is 5.91 Å². The number of hydrogen-bond donors (Lipinski definition) is 1. The fraction of sp³-hybridized carbons (Fsp3) is 0.882. The number of nitrogens with one attached hydrogen (secondary N) is 1. The highest BCUT2D eigenvalue weighted by Gasteiger charge is 2.27. The second-order valence-electron chi connectivity index (χ2n) is 24.3. The SMILES string of the molecule is CCCCCCCC/C=C/CCCCCCCCCCCCCCCCCCCC(=O)OC(/C=C\CCCCCCCCCCC)C(COP(=O)([O-])OCC[N+](C)(C)C)NC(=O)CCCCC/C=C\CCCCCCCCC. The van der Waals surface area contributed by atoms with Crippen LogP contribution in [0.4, 0.5) is 0 Å². The number of hydrogen-bond acceptors (Lipinski definition) is 7. The summed E-state index contributed by atoms with van der Waals surface area (Å²) in [5.74, 6) is -0.545. The third-order valence-corrected chi connectivity index (χ3v) is 16.3. The fourth-order valence-electron chi connectivity index (χ4n) is 10.0. The summed E-state index contributed by atoms with van der Waals surface area (Å²) >= 11 is 0. The van der Waals surface area contributed by atoms with E-state index in [0.717, 1.165) is 70.6 Å². The number of amides is 1. The van der Waals surface area contributed by atoms with E-state index in [2.05, 4.69) is 50.4 Å². The Morgan fingerprint density at radius 3 is 1.10 bits per heavy atom. The molecule has 0 saturated heterocycles. The average molecular weight is 1120 g/mol. The van der Waals surface area contributed by atoms with Gasteiger partial charge in [-0.2, -0.15) is 0 Å². The summed E-state index contributed by atoms with van der Waals surface area (Å²) in [5, 5.41) is 3.02. The van der Waals surface area contributed by atoms with Crippen molar-refractivity contribution in [1.29, 1.82) is 0 Å². The van der Waals surface area contributed by atoms with Crippen molar-refractivity contribution in [3.8, 4) is 0 Å². The van der Waals surface area contributed by atoms with Crippen LogP contribution in [0.15, 0.2) is 36.5 Å². The van der Waals surface area contributed by atoms with E-state index in [4.69, 9.17) is 13.8 Å². The normalized spacial score (nSPS) is 13.8. The predicted molar refractivity (Wildman–Crippen MR) is 335 cm³/mol. The molecule has 78 heavy (non-hydrogen) atoms. The van der Waals surface area contributed by atoms with Crippen LogP contribution in [-0.4, -0.2) is 69.4 Å². The molecule has 0 heterocycles. The van der Waals surface area contributed by atoms with Crippen LogP contribution in [0, 0.1) is 0 Å². The van der Waals surface area contributed by atoms with E-state index < -0.39 is 26.6 Å². The summed E-state index contributed by atoms with van der Waals surface area (Å²) in [6.45, 7) is 6.86. The zero-order chi connectivity index (χ0) is 57.2. The van der Waals surface area contributed by atoms with E-state index in [1.165, 1.54) is 231 Å². The molecule has 0 aliphatic heterocycles. The molecule has 0 saturated carbocycles. The third-order valence-electron chi connectivity index (χ3n) is 15.3. The number of quaternary nitrogens is 1. The number of ether oxygens (including phenoxy) is 1. The van der Waals surface area contributed by atoms with Crippen molar-refractivity contribution in [3.63, 3.8) is 0 Å². The number of carbonyl (C=O) groups excluding carboxylic acids is 2. The van der Waals surface area contributed by atoms with Crippen LogP contribution in [0.2, 0.25) is 0 Å². The standard InChI is InChI=1S/C68H131N2O7P/c1-7-10-13-16-19-22-25-27-29-30-31-32-33-34-35-36-37-38-39-40-41-43-46-49-52-55-58-61-68(72)77-66(59-56-53-50-47-44-24-21-18-15-12-9-3)65(64-76-78(73,74)75-63-62-70(4,5)6)69-67(71)60-57-54-51-48-45-42-28-26-23-20-17-14-11-8-2/h27,29,42,45,56,59,65-66H,7-26,28,30-41,43-44,46-55,57-58,60-64H2,1-6H3,(H-,69,71,73,74)/b29-27+,45-42-,59-56-. The van der Waals surface area contributed by atoms with Gasteiger partial charge in [-0.25, -0.2) is 0 Å². The lowest BCUT2D eigenvalue weighted by Gasteiger charge is -2.30. The number of esters is 1. The molecule has 0 aliphatic carbocycles. The van der Waals surface area contributed by atoms with Crippen molar-refractivity contribution in [2.24, 2.45) is 0 Å². The Morgan fingerprint density at radius 2 is 0.744 bits per heavy atom. The molecule has 0 aromatic rings. The summed E-state index contributed by atoms with van der Waals surface area (Å²) in [7, 11) is 1.19. The van der Waals surface area contributed by atoms with Gasteiger partial charge in [0.05, 0.1) is 33.8 Å². The number of phosphoric ester groups is 1. The maximum Gasteiger partial charge on any atom is 0.306 e. The lowest BCUT2D eigenvalue weighted by Crippen LogP contribution is -2.47. The van der Waals surface area contributed by atoms with Crippen LogP contribution in [0.25, 0.3) is 0 Å². The highest BCUT2D eigenvalue weighted by Crippen LogP contribution is 2.38. The Bertz CT molecular complexity index is 1430. The summed E-state index contributed by atoms with van der Waals surface area (Å²) in [4.78, 5) is 40.0. The molecule has 0 aromatic heterocycles. The van der Waals surface area contributed by atoms with Crippen molar-refractivity contribution in [2.75, 3.05) is 40.9 Å². The molecule has 0 aromatic carbocycles. The Kier molecular flexibility index (Phi) is 57.1. The molecule has 0 rings (SSSR count). The van der Waals surface area contributed by atoms with E-state index in [1.807, 2.05) is 33.3 Å². The average Bonchev–Trinajstić information content (AvgIpc) is 3.40. The molecule has 0 spiro atoms. The van der Waals surface area contributed by atoms with Crippen molar-refractivity contribution >= 4 is 19.7 Å². The number of likely N-dealkylation sites (N-methyl/N-ethyl adjacent to an activating group) is 1. The first kappa shape index (κ1) is 76.2. The summed E-state index contributed by atoms with van der Waals surface area (Å²) in [6, 6.07) is -0.892. The monoisotopic (exact) mass is 1120 g/mol. The largest absolute Gasteiger partial charge is 0.756 e. The summed E-state index contributed by atoms with van der Waals surface area (Å²) in [6.07, 6.45) is 71.4. The van der Waals surface area contributed by atoms with Gasteiger partial charge in [-0.3, -0.25) is 14.2 Å². The van der Waals surface area contributed by atoms with E-state index >= 15 is 0 Å². The van der Waals surface area contributed by atoms with Crippen LogP contribution < -0.4 is 10.2 Å². The maximum absolute atomic E-state index is 13.5. The lowest BCUT2D eigenvalue weighted by atomic mass is 10.0. The predicted octanol–water partition coefficient (Wildman–Crippen LogP) is 20.4. The number of phosphoric acid groups is 1. The molecule has 3 atom stereocenters.